The van der Waals surface area contributed by atoms with Crippen LogP contribution in [0.1, 0.15) is 44.4 Å². The van der Waals surface area contributed by atoms with E-state index in [0.29, 0.717) is 18.6 Å². The fraction of sp³-hybridized carbons (Fsp3) is 0.643. The molecule has 0 aliphatic rings. The monoisotopic (exact) mass is 254 g/mol. The topological polar surface area (TPSA) is 26.3 Å². The van der Waals surface area contributed by atoms with Gasteiger partial charge in [-0.1, -0.05) is 6.07 Å². The van der Waals surface area contributed by atoms with E-state index < -0.39 is 0 Å². The number of ether oxygens (including phenoxy) is 1. The van der Waals surface area contributed by atoms with Gasteiger partial charge >= 0.3 is 0 Å². The van der Waals surface area contributed by atoms with Crippen LogP contribution in [0.3, 0.4) is 0 Å². The summed E-state index contributed by atoms with van der Waals surface area (Å²) in [6.45, 7) is 4.04. The second-order valence-electron chi connectivity index (χ2n) is 4.94. The lowest BCUT2D eigenvalue weighted by Gasteiger charge is -2.22. The molecule has 0 N–H and O–H groups in total. The normalized spacial score (nSPS) is 11.7. The molecule has 0 aliphatic carbocycles. The first-order chi connectivity index (χ1) is 8.03. The molecule has 0 unspecified atom stereocenters. The molecule has 1 aromatic heterocycles. The van der Waals surface area contributed by atoms with Gasteiger partial charge in [0.25, 0.3) is 0 Å². The van der Waals surface area contributed by atoms with Crippen LogP contribution in [0.2, 0.25) is 0 Å². The molecule has 3 heteroatoms. The van der Waals surface area contributed by atoms with Crippen LogP contribution in [0.15, 0.2) is 17.5 Å². The highest BCUT2D eigenvalue weighted by Crippen LogP contribution is 2.17. The Morgan fingerprint density at radius 2 is 2.18 bits per heavy atom. The first-order valence-electron chi connectivity index (χ1n) is 6.13. The molecule has 0 fully saturated rings. The number of Topliss-reactive ketones (excluding diaryl/α,β-unsaturated/α-hetero) is 1. The van der Waals surface area contributed by atoms with Crippen LogP contribution in [-0.2, 0) is 16.0 Å². The summed E-state index contributed by atoms with van der Waals surface area (Å²) >= 11 is 1.76. The van der Waals surface area contributed by atoms with Gasteiger partial charge in [-0.05, 0) is 44.6 Å². The SMILES string of the molecule is COC(C)(C)CCC(=O)CCCc1cccs1. The maximum atomic E-state index is 11.7. The molecule has 0 atom stereocenters. The Hall–Kier alpha value is -0.670. The Kier molecular flexibility index (Phi) is 5.86. The minimum atomic E-state index is -0.177. The van der Waals surface area contributed by atoms with E-state index in [-0.39, 0.29) is 5.60 Å². The van der Waals surface area contributed by atoms with Crippen molar-refractivity contribution in [2.75, 3.05) is 7.11 Å². The zero-order chi connectivity index (χ0) is 12.7. The standard InChI is InChI=1S/C14H22O2S/c1-14(2,16-3)10-9-12(15)6-4-7-13-8-5-11-17-13/h5,8,11H,4,6-7,9-10H2,1-3H3. The van der Waals surface area contributed by atoms with Crippen LogP contribution in [0.4, 0.5) is 0 Å². The van der Waals surface area contributed by atoms with Crippen molar-refractivity contribution in [2.45, 2.75) is 51.6 Å². The number of carbonyl (C=O) groups excluding carboxylic acids is 1. The number of methoxy groups -OCH3 is 1. The highest BCUT2D eigenvalue weighted by Gasteiger charge is 2.17. The quantitative estimate of drug-likeness (QED) is 0.704. The Bertz CT molecular complexity index is 328. The predicted molar refractivity (Wildman–Crippen MR) is 72.6 cm³/mol. The Balaban J connectivity index is 2.13. The van der Waals surface area contributed by atoms with E-state index in [0.717, 1.165) is 19.3 Å². The van der Waals surface area contributed by atoms with Crippen LogP contribution in [-0.4, -0.2) is 18.5 Å². The maximum Gasteiger partial charge on any atom is 0.133 e. The maximum absolute atomic E-state index is 11.7. The number of thiophene rings is 1. The van der Waals surface area contributed by atoms with E-state index in [1.54, 1.807) is 18.4 Å². The number of aryl methyl sites for hydroxylation is 1. The summed E-state index contributed by atoms with van der Waals surface area (Å²) in [7, 11) is 1.70. The van der Waals surface area contributed by atoms with Gasteiger partial charge in [-0.3, -0.25) is 4.79 Å². The number of ketones is 1. The second-order valence-corrected chi connectivity index (χ2v) is 5.97. The van der Waals surface area contributed by atoms with Gasteiger partial charge in [0.15, 0.2) is 0 Å². The van der Waals surface area contributed by atoms with Gasteiger partial charge in [-0.25, -0.2) is 0 Å². The molecule has 0 spiro atoms. The molecule has 1 heterocycles. The average molecular weight is 254 g/mol. The summed E-state index contributed by atoms with van der Waals surface area (Å²) in [4.78, 5) is 13.1. The van der Waals surface area contributed by atoms with Crippen molar-refractivity contribution in [3.63, 3.8) is 0 Å². The minimum absolute atomic E-state index is 0.177. The lowest BCUT2D eigenvalue weighted by atomic mass is 9.99. The highest BCUT2D eigenvalue weighted by molar-refractivity contribution is 7.09. The van der Waals surface area contributed by atoms with Gasteiger partial charge in [0.05, 0.1) is 5.60 Å². The van der Waals surface area contributed by atoms with Crippen molar-refractivity contribution in [3.8, 4) is 0 Å². The molecule has 0 saturated heterocycles. The Labute approximate surface area is 108 Å². The Morgan fingerprint density at radius 1 is 1.41 bits per heavy atom. The lowest BCUT2D eigenvalue weighted by molar-refractivity contribution is -0.120. The molecule has 0 amide bonds. The predicted octanol–water partition coefficient (Wildman–Crippen LogP) is 3.85. The fourth-order valence-electron chi connectivity index (χ4n) is 1.58. The van der Waals surface area contributed by atoms with Gasteiger partial charge in [0.2, 0.25) is 0 Å². The van der Waals surface area contributed by atoms with Crippen LogP contribution >= 0.6 is 11.3 Å². The summed E-state index contributed by atoms with van der Waals surface area (Å²) in [5.41, 5.74) is -0.177. The van der Waals surface area contributed by atoms with Gasteiger partial charge in [-0.15, -0.1) is 11.3 Å². The summed E-state index contributed by atoms with van der Waals surface area (Å²) in [5.74, 6) is 0.353. The van der Waals surface area contributed by atoms with Crippen molar-refractivity contribution in [2.24, 2.45) is 0 Å². The smallest absolute Gasteiger partial charge is 0.133 e. The molecule has 1 rings (SSSR count). The third-order valence-electron chi connectivity index (χ3n) is 3.02. The van der Waals surface area contributed by atoms with Crippen molar-refractivity contribution in [1.29, 1.82) is 0 Å². The highest BCUT2D eigenvalue weighted by atomic mass is 32.1. The van der Waals surface area contributed by atoms with Crippen LogP contribution in [0.25, 0.3) is 0 Å². The average Bonchev–Trinajstić information content (AvgIpc) is 2.80. The summed E-state index contributed by atoms with van der Waals surface area (Å²) in [6.07, 6.45) is 4.12. The third kappa shape index (κ3) is 5.99. The first kappa shape index (κ1) is 14.4. The van der Waals surface area contributed by atoms with Crippen LogP contribution in [0.5, 0.6) is 0 Å². The molecule has 0 aromatic carbocycles. The van der Waals surface area contributed by atoms with E-state index in [1.165, 1.54) is 4.88 Å². The number of hydrogen-bond donors (Lipinski definition) is 0. The molecular weight excluding hydrogens is 232 g/mol. The van der Waals surface area contributed by atoms with E-state index in [4.69, 9.17) is 4.74 Å². The first-order valence-corrected chi connectivity index (χ1v) is 7.01. The summed E-state index contributed by atoms with van der Waals surface area (Å²) < 4.78 is 5.30. The van der Waals surface area contributed by atoms with Gasteiger partial charge < -0.3 is 4.74 Å². The van der Waals surface area contributed by atoms with Crippen molar-refractivity contribution >= 4 is 17.1 Å². The molecule has 0 radical (unpaired) electrons. The number of rotatable bonds is 8. The largest absolute Gasteiger partial charge is 0.379 e. The van der Waals surface area contributed by atoms with Gasteiger partial charge in [0, 0.05) is 24.8 Å². The molecule has 0 bridgehead atoms. The fourth-order valence-corrected chi connectivity index (χ4v) is 2.33. The van der Waals surface area contributed by atoms with E-state index in [1.807, 2.05) is 13.8 Å². The van der Waals surface area contributed by atoms with Gasteiger partial charge in [-0.2, -0.15) is 0 Å². The Morgan fingerprint density at radius 3 is 2.76 bits per heavy atom. The zero-order valence-corrected chi connectivity index (χ0v) is 11.8. The lowest BCUT2D eigenvalue weighted by Crippen LogP contribution is -2.23. The third-order valence-corrected chi connectivity index (χ3v) is 3.95. The molecular formula is C14H22O2S. The van der Waals surface area contributed by atoms with Crippen LogP contribution in [0, 0.1) is 0 Å². The summed E-state index contributed by atoms with van der Waals surface area (Å²) in [5, 5.41) is 2.08. The molecule has 17 heavy (non-hydrogen) atoms. The summed E-state index contributed by atoms with van der Waals surface area (Å²) in [6, 6.07) is 4.19. The molecule has 2 nitrogen and oxygen atoms in total. The molecule has 1 aromatic rings. The van der Waals surface area contributed by atoms with Crippen LogP contribution < -0.4 is 0 Å². The zero-order valence-electron chi connectivity index (χ0n) is 11.0. The minimum Gasteiger partial charge on any atom is -0.379 e. The molecule has 96 valence electrons. The van der Waals surface area contributed by atoms with E-state index in [2.05, 4.69) is 17.5 Å². The van der Waals surface area contributed by atoms with E-state index >= 15 is 0 Å². The molecule has 0 saturated carbocycles. The van der Waals surface area contributed by atoms with Gasteiger partial charge in [0.1, 0.15) is 5.78 Å². The van der Waals surface area contributed by atoms with Crippen molar-refractivity contribution < 1.29 is 9.53 Å². The number of carbonyl (C=O) groups is 1. The molecule has 0 aliphatic heterocycles. The number of hydrogen-bond acceptors (Lipinski definition) is 3. The van der Waals surface area contributed by atoms with Crippen molar-refractivity contribution in [1.82, 2.24) is 0 Å². The van der Waals surface area contributed by atoms with Crippen molar-refractivity contribution in [3.05, 3.63) is 22.4 Å². The second kappa shape index (κ2) is 6.92. The van der Waals surface area contributed by atoms with E-state index in [9.17, 15) is 4.79 Å².